The number of benzene rings is 2. The van der Waals surface area contributed by atoms with Gasteiger partial charge in [0.2, 0.25) is 0 Å². The molecule has 0 saturated carbocycles. The van der Waals surface area contributed by atoms with Gasteiger partial charge in [0, 0.05) is 0 Å². The van der Waals surface area contributed by atoms with E-state index in [1.54, 1.807) is 11.7 Å². The fourth-order valence-corrected chi connectivity index (χ4v) is 5.32. The standard InChI is InChI=1S/C24H21BrN2O4S/c1-4-17-20(23(29)31-3)21(15-8-6-5-7-9-15)27-22(28)19(32-24(27)26-17)13-14-10-11-18(30-2)16(25)12-14/h5-13,21H,4H2,1-3H3/b19-13-/t21-/m0/s1. The number of carbonyl (C=O) groups is 1. The molecule has 0 spiro atoms. The lowest BCUT2D eigenvalue weighted by molar-refractivity contribution is -0.136. The van der Waals surface area contributed by atoms with Gasteiger partial charge >= 0.3 is 5.97 Å². The lowest BCUT2D eigenvalue weighted by Gasteiger charge is -2.25. The Hall–Kier alpha value is -2.97. The molecule has 6 nitrogen and oxygen atoms in total. The summed E-state index contributed by atoms with van der Waals surface area (Å²) in [6, 6.07) is 14.5. The Morgan fingerprint density at radius 3 is 2.59 bits per heavy atom. The monoisotopic (exact) mass is 512 g/mol. The highest BCUT2D eigenvalue weighted by Gasteiger charge is 2.33. The van der Waals surface area contributed by atoms with Gasteiger partial charge in [0.05, 0.1) is 40.5 Å². The van der Waals surface area contributed by atoms with Gasteiger partial charge in [-0.05, 0) is 51.7 Å². The topological polar surface area (TPSA) is 69.9 Å². The van der Waals surface area contributed by atoms with E-state index in [2.05, 4.69) is 20.9 Å². The van der Waals surface area contributed by atoms with Crippen molar-refractivity contribution >= 4 is 39.3 Å². The number of ether oxygens (including phenoxy) is 2. The maximum atomic E-state index is 13.5. The van der Waals surface area contributed by atoms with Crippen LogP contribution in [0.25, 0.3) is 6.08 Å². The van der Waals surface area contributed by atoms with Crippen LogP contribution in [0, 0.1) is 0 Å². The second kappa shape index (κ2) is 9.26. The van der Waals surface area contributed by atoms with Crippen LogP contribution in [0.5, 0.6) is 5.75 Å². The second-order valence-corrected chi connectivity index (χ2v) is 8.96. The van der Waals surface area contributed by atoms with Gasteiger partial charge in [-0.25, -0.2) is 9.79 Å². The normalized spacial score (nSPS) is 15.9. The van der Waals surface area contributed by atoms with Gasteiger partial charge in [-0.2, -0.15) is 0 Å². The highest BCUT2D eigenvalue weighted by molar-refractivity contribution is 9.10. The van der Waals surface area contributed by atoms with Crippen molar-refractivity contribution in [3.8, 4) is 5.75 Å². The molecule has 0 aliphatic carbocycles. The van der Waals surface area contributed by atoms with Crippen molar-refractivity contribution in [2.24, 2.45) is 4.99 Å². The number of hydrogen-bond donors (Lipinski definition) is 0. The average Bonchev–Trinajstić information content (AvgIpc) is 3.12. The fourth-order valence-electron chi connectivity index (χ4n) is 3.74. The molecular formula is C24H21BrN2O4S. The predicted octanol–water partition coefficient (Wildman–Crippen LogP) is 3.57. The van der Waals surface area contributed by atoms with Crippen molar-refractivity contribution in [3.05, 3.63) is 95.1 Å². The van der Waals surface area contributed by atoms with Gasteiger partial charge in [-0.1, -0.05) is 54.7 Å². The molecule has 2 aromatic carbocycles. The van der Waals surface area contributed by atoms with Crippen LogP contribution in [0.2, 0.25) is 0 Å². The van der Waals surface area contributed by atoms with E-state index in [0.717, 1.165) is 15.6 Å². The molecule has 2 heterocycles. The first-order valence-corrected chi connectivity index (χ1v) is 11.6. The van der Waals surface area contributed by atoms with E-state index in [-0.39, 0.29) is 5.56 Å². The Bertz CT molecular complexity index is 1390. The van der Waals surface area contributed by atoms with Crippen LogP contribution in [-0.4, -0.2) is 24.8 Å². The third-order valence-electron chi connectivity index (χ3n) is 5.24. The molecule has 164 valence electrons. The van der Waals surface area contributed by atoms with Gasteiger partial charge < -0.3 is 9.47 Å². The Morgan fingerprint density at radius 2 is 1.97 bits per heavy atom. The first kappa shape index (κ1) is 22.2. The smallest absolute Gasteiger partial charge is 0.338 e. The molecule has 0 unspecified atom stereocenters. The zero-order valence-corrected chi connectivity index (χ0v) is 20.2. The number of allylic oxidation sites excluding steroid dienone is 1. The summed E-state index contributed by atoms with van der Waals surface area (Å²) in [6.45, 7) is 1.94. The van der Waals surface area contributed by atoms with E-state index in [1.165, 1.54) is 18.4 Å². The minimum atomic E-state index is -0.598. The number of fused-ring (bicyclic) bond motifs is 1. The van der Waals surface area contributed by atoms with Crippen LogP contribution in [-0.2, 0) is 9.53 Å². The van der Waals surface area contributed by atoms with Gasteiger partial charge in [0.15, 0.2) is 4.80 Å². The maximum Gasteiger partial charge on any atom is 0.338 e. The number of aromatic nitrogens is 1. The minimum absolute atomic E-state index is 0.203. The predicted molar refractivity (Wildman–Crippen MR) is 128 cm³/mol. The molecule has 4 rings (SSSR count). The van der Waals surface area contributed by atoms with Crippen LogP contribution in [0.1, 0.15) is 30.5 Å². The Morgan fingerprint density at radius 1 is 1.22 bits per heavy atom. The van der Waals surface area contributed by atoms with Crippen molar-refractivity contribution in [3.63, 3.8) is 0 Å². The quantitative estimate of drug-likeness (QED) is 0.490. The van der Waals surface area contributed by atoms with Crippen molar-refractivity contribution in [2.45, 2.75) is 19.4 Å². The summed E-state index contributed by atoms with van der Waals surface area (Å²) in [6.07, 6.45) is 2.37. The second-order valence-electron chi connectivity index (χ2n) is 7.09. The minimum Gasteiger partial charge on any atom is -0.496 e. The van der Waals surface area contributed by atoms with E-state index in [1.807, 2.05) is 61.5 Å². The third kappa shape index (κ3) is 3.96. The fraction of sp³-hybridized carbons (Fsp3) is 0.208. The highest BCUT2D eigenvalue weighted by Crippen LogP contribution is 2.31. The lowest BCUT2D eigenvalue weighted by atomic mass is 9.95. The van der Waals surface area contributed by atoms with Gasteiger partial charge in [0.1, 0.15) is 5.75 Å². The molecule has 3 aromatic rings. The molecule has 1 aliphatic heterocycles. The average molecular weight is 513 g/mol. The summed E-state index contributed by atoms with van der Waals surface area (Å²) < 4.78 is 13.3. The molecule has 32 heavy (non-hydrogen) atoms. The molecule has 1 atom stereocenters. The van der Waals surface area contributed by atoms with Crippen molar-refractivity contribution < 1.29 is 14.3 Å². The number of thiazole rings is 1. The zero-order valence-electron chi connectivity index (χ0n) is 17.8. The van der Waals surface area contributed by atoms with Crippen molar-refractivity contribution in [1.29, 1.82) is 0 Å². The van der Waals surface area contributed by atoms with E-state index in [9.17, 15) is 9.59 Å². The van der Waals surface area contributed by atoms with Gasteiger partial charge in [-0.3, -0.25) is 9.36 Å². The van der Waals surface area contributed by atoms with Crippen LogP contribution >= 0.6 is 27.3 Å². The number of methoxy groups -OCH3 is 2. The van der Waals surface area contributed by atoms with E-state index >= 15 is 0 Å². The van der Waals surface area contributed by atoms with Gasteiger partial charge in [0.25, 0.3) is 5.56 Å². The molecule has 0 fully saturated rings. The first-order valence-electron chi connectivity index (χ1n) is 10.00. The summed E-state index contributed by atoms with van der Waals surface area (Å²) in [4.78, 5) is 31.5. The maximum absolute atomic E-state index is 13.5. The molecule has 0 radical (unpaired) electrons. The highest BCUT2D eigenvalue weighted by atomic mass is 79.9. The van der Waals surface area contributed by atoms with Crippen LogP contribution in [0.15, 0.2) is 74.1 Å². The molecule has 1 aromatic heterocycles. The van der Waals surface area contributed by atoms with Crippen LogP contribution < -0.4 is 19.6 Å². The number of rotatable bonds is 5. The van der Waals surface area contributed by atoms with E-state index in [4.69, 9.17) is 9.47 Å². The largest absolute Gasteiger partial charge is 0.496 e. The Balaban J connectivity index is 1.96. The van der Waals surface area contributed by atoms with Crippen molar-refractivity contribution in [1.82, 2.24) is 4.57 Å². The number of hydrogen-bond acceptors (Lipinski definition) is 6. The molecule has 0 saturated heterocycles. The number of halogens is 1. The summed E-state index contributed by atoms with van der Waals surface area (Å²) in [5.41, 5.74) is 2.50. The van der Waals surface area contributed by atoms with Crippen LogP contribution in [0.4, 0.5) is 0 Å². The first-order chi connectivity index (χ1) is 15.5. The zero-order chi connectivity index (χ0) is 22.8. The SMILES string of the molecule is CCC1=C(C(=O)OC)[C@H](c2ccccc2)n2c(s/c(=C\c3ccc(OC)c(Br)c3)c2=O)=N1. The summed E-state index contributed by atoms with van der Waals surface area (Å²) in [7, 11) is 2.95. The third-order valence-corrected chi connectivity index (χ3v) is 6.84. The van der Waals surface area contributed by atoms with Crippen molar-refractivity contribution in [2.75, 3.05) is 14.2 Å². The lowest BCUT2D eigenvalue weighted by Crippen LogP contribution is -2.40. The Kier molecular flexibility index (Phi) is 6.43. The summed E-state index contributed by atoms with van der Waals surface area (Å²) in [5.74, 6) is 0.232. The summed E-state index contributed by atoms with van der Waals surface area (Å²) in [5, 5.41) is 0. The Labute approximate surface area is 197 Å². The number of nitrogens with zero attached hydrogens (tertiary/aromatic N) is 2. The molecule has 8 heteroatoms. The summed E-state index contributed by atoms with van der Waals surface area (Å²) >= 11 is 4.79. The van der Waals surface area contributed by atoms with E-state index in [0.29, 0.717) is 32.8 Å². The molecule has 0 N–H and O–H groups in total. The van der Waals surface area contributed by atoms with Gasteiger partial charge in [-0.15, -0.1) is 0 Å². The number of esters is 1. The molecule has 0 bridgehead atoms. The number of carbonyl (C=O) groups excluding carboxylic acids is 1. The molecule has 0 amide bonds. The van der Waals surface area contributed by atoms with E-state index < -0.39 is 12.0 Å². The molecule has 1 aliphatic rings. The molecular weight excluding hydrogens is 492 g/mol. The van der Waals surface area contributed by atoms with Crippen LogP contribution in [0.3, 0.4) is 0 Å².